The fourth-order valence-electron chi connectivity index (χ4n) is 4.01. The van der Waals surface area contributed by atoms with E-state index in [0.29, 0.717) is 5.92 Å². The lowest BCUT2D eigenvalue weighted by molar-refractivity contribution is 0.0802. The highest BCUT2D eigenvalue weighted by Crippen LogP contribution is 2.33. The molecule has 0 saturated carbocycles. The quantitative estimate of drug-likeness (QED) is 0.446. The van der Waals surface area contributed by atoms with Gasteiger partial charge in [0.15, 0.2) is 0 Å². The van der Waals surface area contributed by atoms with Crippen LogP contribution in [-0.4, -0.2) is 10.1 Å². The van der Waals surface area contributed by atoms with Gasteiger partial charge in [0.1, 0.15) is 0 Å². The van der Waals surface area contributed by atoms with Crippen molar-refractivity contribution in [3.63, 3.8) is 0 Å². The molecule has 4 aromatic rings. The summed E-state index contributed by atoms with van der Waals surface area (Å²) in [4.78, 5) is 4.70. The average Bonchev–Trinajstić information content (AvgIpc) is 2.65. The number of nitrogens with zero attached hydrogens (tertiary/aromatic N) is 1. The summed E-state index contributed by atoms with van der Waals surface area (Å²) in [5.74, 6) is 0.638. The molecular weight excluding hydrogens is 342 g/mol. The van der Waals surface area contributed by atoms with E-state index in [-0.39, 0.29) is 0 Å². The molecule has 4 rings (SSSR count). The summed E-state index contributed by atoms with van der Waals surface area (Å²) >= 11 is 0. The van der Waals surface area contributed by atoms with E-state index in [1.165, 1.54) is 10.9 Å². The molecule has 0 aliphatic heterocycles. The zero-order chi connectivity index (χ0) is 19.9. The summed E-state index contributed by atoms with van der Waals surface area (Å²) in [5, 5.41) is 15.2. The van der Waals surface area contributed by atoms with Gasteiger partial charge in [-0.15, -0.1) is 0 Å². The van der Waals surface area contributed by atoms with Gasteiger partial charge in [-0.3, -0.25) is 4.98 Å². The van der Waals surface area contributed by atoms with Gasteiger partial charge in [-0.1, -0.05) is 62.4 Å². The number of benzene rings is 3. The van der Waals surface area contributed by atoms with Crippen molar-refractivity contribution in [3.05, 3.63) is 78.0 Å². The molecule has 0 spiro atoms. The average molecular weight is 370 g/mol. The molecule has 142 valence electrons. The van der Waals surface area contributed by atoms with Crippen molar-refractivity contribution >= 4 is 21.5 Å². The fourth-order valence-corrected chi connectivity index (χ4v) is 4.01. The Bertz CT molecular complexity index is 1150. The molecule has 0 atom stereocenters. The zero-order valence-corrected chi connectivity index (χ0v) is 17.0. The van der Waals surface area contributed by atoms with Crippen LogP contribution in [-0.2, 0) is 12.0 Å². The Morgan fingerprint density at radius 3 is 2.46 bits per heavy atom. The van der Waals surface area contributed by atoms with E-state index < -0.39 is 5.60 Å². The minimum Gasteiger partial charge on any atom is -0.386 e. The minimum absolute atomic E-state index is 0.638. The van der Waals surface area contributed by atoms with Crippen LogP contribution in [0.2, 0.25) is 0 Å². The van der Waals surface area contributed by atoms with Crippen LogP contribution in [0.15, 0.2) is 66.9 Å². The number of aromatic nitrogens is 1. The lowest BCUT2D eigenvalue weighted by Gasteiger charge is -2.20. The Morgan fingerprint density at radius 1 is 0.893 bits per heavy atom. The molecule has 2 nitrogen and oxygen atoms in total. The lowest BCUT2D eigenvalue weighted by atomic mass is 9.90. The second-order valence-electron chi connectivity index (χ2n) is 8.61. The van der Waals surface area contributed by atoms with Crippen LogP contribution >= 0.6 is 0 Å². The van der Waals surface area contributed by atoms with Crippen LogP contribution < -0.4 is 0 Å². The van der Waals surface area contributed by atoms with Crippen molar-refractivity contribution in [3.8, 4) is 11.3 Å². The highest BCUT2D eigenvalue weighted by atomic mass is 16.3. The molecule has 28 heavy (non-hydrogen) atoms. The number of hydrogen-bond acceptors (Lipinski definition) is 2. The third kappa shape index (κ3) is 3.53. The molecule has 1 heterocycles. The minimum atomic E-state index is -0.893. The molecule has 0 bridgehead atoms. The molecule has 0 fully saturated rings. The van der Waals surface area contributed by atoms with E-state index in [2.05, 4.69) is 62.4 Å². The topological polar surface area (TPSA) is 33.1 Å². The molecule has 2 heteroatoms. The molecule has 1 N–H and O–H groups in total. The van der Waals surface area contributed by atoms with E-state index in [1.807, 2.05) is 32.2 Å². The van der Waals surface area contributed by atoms with E-state index in [4.69, 9.17) is 4.98 Å². The Hall–Kier alpha value is -2.71. The second kappa shape index (κ2) is 7.03. The number of aliphatic hydroxyl groups is 1. The number of fused-ring (bicyclic) bond motifs is 2. The molecule has 0 saturated heterocycles. The molecule has 1 aromatic heterocycles. The molecule has 3 aromatic carbocycles. The number of hydrogen-bond donors (Lipinski definition) is 1. The largest absolute Gasteiger partial charge is 0.386 e. The van der Waals surface area contributed by atoms with Crippen LogP contribution in [0.3, 0.4) is 0 Å². The van der Waals surface area contributed by atoms with Gasteiger partial charge >= 0.3 is 0 Å². The van der Waals surface area contributed by atoms with Gasteiger partial charge in [-0.25, -0.2) is 0 Å². The van der Waals surface area contributed by atoms with Crippen LogP contribution in [0.5, 0.6) is 0 Å². The van der Waals surface area contributed by atoms with Gasteiger partial charge in [0.25, 0.3) is 0 Å². The van der Waals surface area contributed by atoms with Gasteiger partial charge in [0.2, 0.25) is 0 Å². The first kappa shape index (κ1) is 18.6. The highest BCUT2D eigenvalue weighted by Gasteiger charge is 2.19. The van der Waals surface area contributed by atoms with Crippen molar-refractivity contribution in [2.75, 3.05) is 0 Å². The molecule has 0 aliphatic carbocycles. The van der Waals surface area contributed by atoms with Gasteiger partial charge < -0.3 is 5.11 Å². The summed E-state index contributed by atoms with van der Waals surface area (Å²) in [6, 6.07) is 21.3. The third-order valence-electron chi connectivity index (χ3n) is 5.29. The van der Waals surface area contributed by atoms with Gasteiger partial charge in [0.05, 0.1) is 11.3 Å². The monoisotopic (exact) mass is 369 g/mol. The Morgan fingerprint density at radius 2 is 1.71 bits per heavy atom. The van der Waals surface area contributed by atoms with Crippen molar-refractivity contribution in [2.24, 2.45) is 5.92 Å². The SMILES string of the molecule is CC(C)Cc1ccc2c(-c3ccc4cccc(C(C)(C)O)c4c3)nccc2c1. The van der Waals surface area contributed by atoms with E-state index in [9.17, 15) is 5.11 Å². The second-order valence-corrected chi connectivity index (χ2v) is 8.61. The predicted molar refractivity (Wildman–Crippen MR) is 118 cm³/mol. The maximum Gasteiger partial charge on any atom is 0.0846 e. The van der Waals surface area contributed by atoms with E-state index in [1.54, 1.807) is 0 Å². The maximum absolute atomic E-state index is 10.6. The normalized spacial score (nSPS) is 12.2. The van der Waals surface area contributed by atoms with Crippen molar-refractivity contribution in [2.45, 2.75) is 39.7 Å². The number of rotatable bonds is 4. The van der Waals surface area contributed by atoms with Crippen LogP contribution in [0.4, 0.5) is 0 Å². The first-order valence-electron chi connectivity index (χ1n) is 9.96. The van der Waals surface area contributed by atoms with Gasteiger partial charge in [0, 0.05) is 17.1 Å². The van der Waals surface area contributed by atoms with E-state index in [0.717, 1.165) is 39.4 Å². The molecule has 0 aliphatic rings. The highest BCUT2D eigenvalue weighted by molar-refractivity contribution is 5.98. The summed E-state index contributed by atoms with van der Waals surface area (Å²) in [7, 11) is 0. The fraction of sp³-hybridized carbons (Fsp3) is 0.269. The van der Waals surface area contributed by atoms with Crippen LogP contribution in [0.1, 0.15) is 38.8 Å². The first-order valence-corrected chi connectivity index (χ1v) is 9.96. The zero-order valence-electron chi connectivity index (χ0n) is 17.0. The Kier molecular flexibility index (Phi) is 4.68. The summed E-state index contributed by atoms with van der Waals surface area (Å²) in [6.45, 7) is 8.16. The standard InChI is InChI=1S/C26H27NO/c1-17(2)14-18-8-11-22-20(15-18)12-13-27-25(22)21-10-9-19-6-5-7-24(23(19)16-21)26(3,4)28/h5-13,15-17,28H,14H2,1-4H3. The van der Waals surface area contributed by atoms with Gasteiger partial charge in [-0.05, 0) is 65.6 Å². The van der Waals surface area contributed by atoms with Crippen molar-refractivity contribution in [1.29, 1.82) is 0 Å². The van der Waals surface area contributed by atoms with Crippen LogP contribution in [0.25, 0.3) is 32.8 Å². The Labute approximate surface area is 166 Å². The smallest absolute Gasteiger partial charge is 0.0846 e. The van der Waals surface area contributed by atoms with Crippen molar-refractivity contribution in [1.82, 2.24) is 4.98 Å². The van der Waals surface area contributed by atoms with E-state index >= 15 is 0 Å². The summed E-state index contributed by atoms with van der Waals surface area (Å²) in [5.41, 5.74) is 3.47. The molecular formula is C26H27NO. The summed E-state index contributed by atoms with van der Waals surface area (Å²) < 4.78 is 0. The van der Waals surface area contributed by atoms with Crippen LogP contribution in [0, 0.1) is 5.92 Å². The van der Waals surface area contributed by atoms with Crippen molar-refractivity contribution < 1.29 is 5.11 Å². The van der Waals surface area contributed by atoms with Gasteiger partial charge in [-0.2, -0.15) is 0 Å². The first-order chi connectivity index (χ1) is 13.3. The predicted octanol–water partition coefficient (Wildman–Crippen LogP) is 6.48. The molecule has 0 unspecified atom stereocenters. The third-order valence-corrected chi connectivity index (χ3v) is 5.29. The molecule has 0 radical (unpaired) electrons. The summed E-state index contributed by atoms with van der Waals surface area (Å²) in [6.07, 6.45) is 2.97. The Balaban J connectivity index is 1.89. The molecule has 0 amide bonds. The maximum atomic E-state index is 10.6. The number of pyridine rings is 1. The lowest BCUT2D eigenvalue weighted by Crippen LogP contribution is -2.15.